The van der Waals surface area contributed by atoms with Crippen molar-refractivity contribution in [3.05, 3.63) is 206 Å². The van der Waals surface area contributed by atoms with Crippen molar-refractivity contribution in [2.45, 2.75) is 0 Å². The number of hydrogen-bond acceptors (Lipinski definition) is 2. The zero-order chi connectivity index (χ0) is 36.3. The van der Waals surface area contributed by atoms with Gasteiger partial charge >= 0.3 is 0 Å². The van der Waals surface area contributed by atoms with Gasteiger partial charge in [-0.3, -0.25) is 0 Å². The summed E-state index contributed by atoms with van der Waals surface area (Å²) in [5.74, 6) is 0. The van der Waals surface area contributed by atoms with Crippen molar-refractivity contribution in [1.82, 2.24) is 4.57 Å². The van der Waals surface area contributed by atoms with Crippen LogP contribution in [-0.2, 0) is 0 Å². The number of benzene rings is 9. The fraction of sp³-hybridized carbons (Fsp3) is 0. The largest absolute Gasteiger partial charge is 0.456 e. The first-order chi connectivity index (χ1) is 27.3. The molecule has 0 bridgehead atoms. The molecule has 0 saturated heterocycles. The Balaban J connectivity index is 1.19. The van der Waals surface area contributed by atoms with Crippen LogP contribution in [0.3, 0.4) is 0 Å². The van der Waals surface area contributed by atoms with Crippen molar-refractivity contribution in [2.75, 3.05) is 4.90 Å². The van der Waals surface area contributed by atoms with Crippen LogP contribution in [0.4, 0.5) is 17.1 Å². The van der Waals surface area contributed by atoms with Crippen molar-refractivity contribution < 1.29 is 4.42 Å². The number of fused-ring (bicyclic) bond motifs is 8. The lowest BCUT2D eigenvalue weighted by Gasteiger charge is -2.27. The van der Waals surface area contributed by atoms with E-state index in [4.69, 9.17) is 4.42 Å². The van der Waals surface area contributed by atoms with E-state index in [1.54, 1.807) is 0 Å². The van der Waals surface area contributed by atoms with Crippen LogP contribution in [0, 0.1) is 0 Å². The molecular formula is C52H34N2O. The van der Waals surface area contributed by atoms with E-state index in [0.29, 0.717) is 0 Å². The first-order valence-corrected chi connectivity index (χ1v) is 18.8. The van der Waals surface area contributed by atoms with E-state index >= 15 is 0 Å². The number of hydrogen-bond donors (Lipinski definition) is 0. The van der Waals surface area contributed by atoms with E-state index in [1.807, 2.05) is 0 Å². The molecule has 3 nitrogen and oxygen atoms in total. The summed E-state index contributed by atoms with van der Waals surface area (Å²) in [6.45, 7) is 0. The highest BCUT2D eigenvalue weighted by Gasteiger charge is 2.23. The molecule has 0 unspecified atom stereocenters. The Labute approximate surface area is 318 Å². The third-order valence-electron chi connectivity index (χ3n) is 11.0. The molecule has 9 aromatic carbocycles. The molecule has 2 aromatic heterocycles. The summed E-state index contributed by atoms with van der Waals surface area (Å²) in [4.78, 5) is 2.40. The van der Waals surface area contributed by atoms with Gasteiger partial charge in [-0.2, -0.15) is 0 Å². The van der Waals surface area contributed by atoms with E-state index in [0.717, 1.165) is 50.3 Å². The van der Waals surface area contributed by atoms with Crippen LogP contribution in [0.5, 0.6) is 0 Å². The molecule has 0 N–H and O–H groups in total. The number of rotatable bonds is 6. The molecule has 0 aliphatic heterocycles. The normalized spacial score (nSPS) is 11.6. The lowest BCUT2D eigenvalue weighted by molar-refractivity contribution is 0.669. The third-order valence-corrected chi connectivity index (χ3v) is 11.0. The fourth-order valence-corrected chi connectivity index (χ4v) is 8.52. The van der Waals surface area contributed by atoms with Crippen LogP contribution in [0.15, 0.2) is 211 Å². The maximum Gasteiger partial charge on any atom is 0.137 e. The maximum absolute atomic E-state index is 6.81. The minimum Gasteiger partial charge on any atom is -0.456 e. The van der Waals surface area contributed by atoms with Crippen molar-refractivity contribution in [1.29, 1.82) is 0 Å². The molecule has 0 atom stereocenters. The second kappa shape index (κ2) is 12.6. The van der Waals surface area contributed by atoms with E-state index < -0.39 is 0 Å². The molecule has 258 valence electrons. The van der Waals surface area contributed by atoms with Gasteiger partial charge in [0.1, 0.15) is 11.2 Å². The SMILES string of the molecule is c1ccc(-c2ccc(N(c3ccc4c(c3)c3ccccc3n4-c3ccccc3)c3cccc4oc5cc(-c6ccccc6)c6ccccc6c5c34)cc2)cc1. The van der Waals surface area contributed by atoms with Crippen LogP contribution in [-0.4, -0.2) is 4.57 Å². The molecular weight excluding hydrogens is 669 g/mol. The monoisotopic (exact) mass is 702 g/mol. The predicted molar refractivity (Wildman–Crippen MR) is 231 cm³/mol. The molecule has 55 heavy (non-hydrogen) atoms. The van der Waals surface area contributed by atoms with Gasteiger partial charge in [0.2, 0.25) is 0 Å². The van der Waals surface area contributed by atoms with Crippen LogP contribution in [0.25, 0.3) is 82.5 Å². The Morgan fingerprint density at radius 3 is 1.73 bits per heavy atom. The Kier molecular flexibility index (Phi) is 7.17. The number of aromatic nitrogens is 1. The Morgan fingerprint density at radius 1 is 0.364 bits per heavy atom. The van der Waals surface area contributed by atoms with Gasteiger partial charge in [0.15, 0.2) is 0 Å². The zero-order valence-electron chi connectivity index (χ0n) is 29.9. The fourth-order valence-electron chi connectivity index (χ4n) is 8.52. The number of furan rings is 1. The zero-order valence-corrected chi connectivity index (χ0v) is 29.9. The van der Waals surface area contributed by atoms with Crippen LogP contribution < -0.4 is 4.90 Å². The Bertz CT molecular complexity index is 3180. The molecule has 0 radical (unpaired) electrons. The van der Waals surface area contributed by atoms with Gasteiger partial charge in [0.25, 0.3) is 0 Å². The molecule has 11 rings (SSSR count). The average molecular weight is 703 g/mol. The topological polar surface area (TPSA) is 21.3 Å². The Morgan fingerprint density at radius 2 is 0.964 bits per heavy atom. The molecule has 0 saturated carbocycles. The summed E-state index contributed by atoms with van der Waals surface area (Å²) >= 11 is 0. The summed E-state index contributed by atoms with van der Waals surface area (Å²) < 4.78 is 9.18. The van der Waals surface area contributed by atoms with Crippen LogP contribution in [0.2, 0.25) is 0 Å². The summed E-state index contributed by atoms with van der Waals surface area (Å²) in [6, 6.07) is 73.8. The van der Waals surface area contributed by atoms with Crippen molar-refractivity contribution in [3.8, 4) is 27.9 Å². The first kappa shape index (κ1) is 31.2. The molecule has 2 heterocycles. The minimum atomic E-state index is 0.857. The highest BCUT2D eigenvalue weighted by atomic mass is 16.3. The van der Waals surface area contributed by atoms with Gasteiger partial charge in [-0.25, -0.2) is 0 Å². The lowest BCUT2D eigenvalue weighted by Crippen LogP contribution is -2.10. The van der Waals surface area contributed by atoms with Crippen LogP contribution >= 0.6 is 0 Å². The first-order valence-electron chi connectivity index (χ1n) is 18.8. The average Bonchev–Trinajstić information content (AvgIpc) is 3.81. The van der Waals surface area contributed by atoms with E-state index in [9.17, 15) is 0 Å². The summed E-state index contributed by atoms with van der Waals surface area (Å²) in [5.41, 5.74) is 13.1. The molecule has 0 amide bonds. The van der Waals surface area contributed by atoms with Gasteiger partial charge in [-0.1, -0.05) is 140 Å². The van der Waals surface area contributed by atoms with E-state index in [-0.39, 0.29) is 0 Å². The lowest BCUT2D eigenvalue weighted by atomic mass is 9.94. The van der Waals surface area contributed by atoms with Gasteiger partial charge in [0.05, 0.1) is 22.1 Å². The summed E-state index contributed by atoms with van der Waals surface area (Å²) in [7, 11) is 0. The van der Waals surface area contributed by atoms with E-state index in [2.05, 4.69) is 216 Å². The Hall–Kier alpha value is -7.36. The molecule has 11 aromatic rings. The molecule has 3 heteroatoms. The minimum absolute atomic E-state index is 0.857. The van der Waals surface area contributed by atoms with Crippen LogP contribution in [0.1, 0.15) is 0 Å². The quantitative estimate of drug-likeness (QED) is 0.172. The second-order valence-electron chi connectivity index (χ2n) is 14.1. The molecule has 0 aliphatic rings. The van der Waals surface area contributed by atoms with Crippen molar-refractivity contribution >= 4 is 71.6 Å². The summed E-state index contributed by atoms with van der Waals surface area (Å²) in [6.07, 6.45) is 0. The number of nitrogens with zero attached hydrogens (tertiary/aromatic N) is 2. The molecule has 0 fully saturated rings. The van der Waals surface area contributed by atoms with E-state index in [1.165, 1.54) is 49.3 Å². The standard InChI is InChI=1S/C52H34N2O/c1-4-15-35(16-5-1)36-27-29-39(30-28-36)53(40-31-32-47-45(33-40)42-22-12-13-24-46(42)54(47)38-19-8-3-9-20-38)48-25-14-26-49-52(48)51-43-23-11-10-21-41(43)44(34-50(51)55-49)37-17-6-2-7-18-37/h1-34H. The maximum atomic E-state index is 6.81. The summed E-state index contributed by atoms with van der Waals surface area (Å²) in [5, 5.41) is 7.00. The predicted octanol–water partition coefficient (Wildman–Crippen LogP) is 14.6. The third kappa shape index (κ3) is 5.05. The highest BCUT2D eigenvalue weighted by molar-refractivity contribution is 6.25. The van der Waals surface area contributed by atoms with Gasteiger partial charge in [-0.05, 0) is 99.8 Å². The van der Waals surface area contributed by atoms with Gasteiger partial charge in [-0.15, -0.1) is 0 Å². The molecule has 0 aliphatic carbocycles. The second-order valence-corrected chi connectivity index (χ2v) is 14.1. The molecule has 0 spiro atoms. The number of anilines is 3. The smallest absolute Gasteiger partial charge is 0.137 e. The van der Waals surface area contributed by atoms with Crippen molar-refractivity contribution in [3.63, 3.8) is 0 Å². The van der Waals surface area contributed by atoms with Gasteiger partial charge in [0, 0.05) is 33.2 Å². The van der Waals surface area contributed by atoms with Crippen molar-refractivity contribution in [2.24, 2.45) is 0 Å². The van der Waals surface area contributed by atoms with Gasteiger partial charge < -0.3 is 13.9 Å². The highest BCUT2D eigenvalue weighted by Crippen LogP contribution is 2.47. The number of para-hydroxylation sites is 2.